The highest BCUT2D eigenvalue weighted by atomic mass is 31.1. The lowest BCUT2D eigenvalue weighted by Gasteiger charge is -2.19. The van der Waals surface area contributed by atoms with Gasteiger partial charge in [0.25, 0.3) is 0 Å². The van der Waals surface area contributed by atoms with Gasteiger partial charge in [-0.05, 0) is 42.4 Å². The van der Waals surface area contributed by atoms with Gasteiger partial charge in [-0.3, -0.25) is 0 Å². The number of hydrogen-bond acceptors (Lipinski definition) is 3. The van der Waals surface area contributed by atoms with Crippen LogP contribution in [0.5, 0.6) is 11.5 Å². The molecule has 2 atom stereocenters. The molecule has 3 nitrogen and oxygen atoms in total. The molecule has 0 aliphatic rings. The van der Waals surface area contributed by atoms with E-state index in [0.29, 0.717) is 14.3 Å². The van der Waals surface area contributed by atoms with E-state index in [1.54, 1.807) is 19.2 Å². The van der Waals surface area contributed by atoms with E-state index in [1.807, 2.05) is 19.1 Å². The number of ether oxygens (including phenoxy) is 1. The first-order valence-corrected chi connectivity index (χ1v) is 8.50. The van der Waals surface area contributed by atoms with E-state index in [0.717, 1.165) is 34.2 Å². The number of rotatable bonds is 6. The summed E-state index contributed by atoms with van der Waals surface area (Å²) in [6.45, 7) is 4.19. The highest BCUT2D eigenvalue weighted by Crippen LogP contribution is 2.42. The van der Waals surface area contributed by atoms with Crippen LogP contribution in [0.25, 0.3) is 0 Å². The molecule has 2 unspecified atom stereocenters. The van der Waals surface area contributed by atoms with Crippen LogP contribution in [-0.4, -0.2) is 17.3 Å². The number of aliphatic hydroxyl groups excluding tert-OH is 1. The SMILES string of the molecule is CCC(Pc1ccc(C)cc1CO)c1cc(OC)ccc1O. The first-order valence-electron chi connectivity index (χ1n) is 7.42. The predicted octanol–water partition coefficient (Wildman–Crippen LogP) is 3.66. The second-order valence-corrected chi connectivity index (χ2v) is 6.87. The molecule has 2 aromatic carbocycles. The Hall–Kier alpha value is -1.57. The number of aryl methyl sites for hydroxylation is 1. The van der Waals surface area contributed by atoms with Crippen LogP contribution < -0.4 is 10.0 Å². The largest absolute Gasteiger partial charge is 0.508 e. The van der Waals surface area contributed by atoms with Crippen LogP contribution in [0.15, 0.2) is 36.4 Å². The van der Waals surface area contributed by atoms with Crippen molar-refractivity contribution in [2.75, 3.05) is 7.11 Å². The van der Waals surface area contributed by atoms with Gasteiger partial charge >= 0.3 is 0 Å². The quantitative estimate of drug-likeness (QED) is 0.799. The number of aliphatic hydroxyl groups is 1. The van der Waals surface area contributed by atoms with Crippen molar-refractivity contribution < 1.29 is 14.9 Å². The van der Waals surface area contributed by atoms with Crippen LogP contribution in [0.4, 0.5) is 0 Å². The Morgan fingerprint density at radius 1 is 1.18 bits per heavy atom. The van der Waals surface area contributed by atoms with E-state index in [2.05, 4.69) is 19.1 Å². The van der Waals surface area contributed by atoms with Crippen LogP contribution in [0.1, 0.15) is 35.7 Å². The maximum Gasteiger partial charge on any atom is 0.119 e. The van der Waals surface area contributed by atoms with Crippen molar-refractivity contribution in [2.24, 2.45) is 0 Å². The lowest BCUT2D eigenvalue weighted by Crippen LogP contribution is -2.07. The third kappa shape index (κ3) is 3.79. The summed E-state index contributed by atoms with van der Waals surface area (Å²) in [5.74, 6) is 1.06. The van der Waals surface area contributed by atoms with Gasteiger partial charge < -0.3 is 14.9 Å². The summed E-state index contributed by atoms with van der Waals surface area (Å²) in [6.07, 6.45) is 0.915. The summed E-state index contributed by atoms with van der Waals surface area (Å²) < 4.78 is 5.27. The fourth-order valence-electron chi connectivity index (χ4n) is 2.52. The zero-order valence-corrected chi connectivity index (χ0v) is 14.3. The normalized spacial score (nSPS) is 12.7. The molecule has 4 heteroatoms. The van der Waals surface area contributed by atoms with Crippen molar-refractivity contribution in [2.45, 2.75) is 32.5 Å². The molecule has 0 spiro atoms. The van der Waals surface area contributed by atoms with E-state index < -0.39 is 0 Å². The van der Waals surface area contributed by atoms with Crippen LogP contribution in [0.3, 0.4) is 0 Å². The zero-order chi connectivity index (χ0) is 16.1. The fraction of sp³-hybridized carbons (Fsp3) is 0.333. The van der Waals surface area contributed by atoms with Crippen LogP contribution >= 0.6 is 8.58 Å². The molecule has 0 bridgehead atoms. The first-order chi connectivity index (χ1) is 10.6. The van der Waals surface area contributed by atoms with Gasteiger partial charge in [-0.25, -0.2) is 0 Å². The molecule has 0 heterocycles. The van der Waals surface area contributed by atoms with Gasteiger partial charge in [0.1, 0.15) is 11.5 Å². The van der Waals surface area contributed by atoms with Crippen molar-refractivity contribution in [1.29, 1.82) is 0 Å². The summed E-state index contributed by atoms with van der Waals surface area (Å²) in [7, 11) is 2.12. The Labute approximate surface area is 133 Å². The molecule has 0 saturated heterocycles. The van der Waals surface area contributed by atoms with Crippen molar-refractivity contribution in [1.82, 2.24) is 0 Å². The molecule has 118 valence electrons. The second kappa shape index (κ2) is 7.62. The minimum absolute atomic E-state index is 0.0462. The highest BCUT2D eigenvalue weighted by Gasteiger charge is 2.17. The molecule has 2 aromatic rings. The fourth-order valence-corrected chi connectivity index (χ4v) is 4.00. The maximum absolute atomic E-state index is 10.2. The molecule has 2 N–H and O–H groups in total. The van der Waals surface area contributed by atoms with Crippen LogP contribution in [0.2, 0.25) is 0 Å². The van der Waals surface area contributed by atoms with Crippen LogP contribution in [-0.2, 0) is 6.61 Å². The molecule has 0 aromatic heterocycles. The number of phenolic OH excluding ortho intramolecular Hbond substituents is 1. The summed E-state index contributed by atoms with van der Waals surface area (Å²) in [6, 6.07) is 11.5. The van der Waals surface area contributed by atoms with Crippen molar-refractivity contribution in [3.05, 3.63) is 53.1 Å². The molecule has 0 amide bonds. The summed E-state index contributed by atoms with van der Waals surface area (Å²) >= 11 is 0. The third-order valence-electron chi connectivity index (χ3n) is 3.78. The lowest BCUT2D eigenvalue weighted by molar-refractivity contribution is 0.283. The van der Waals surface area contributed by atoms with Gasteiger partial charge in [0, 0.05) is 11.2 Å². The van der Waals surface area contributed by atoms with Crippen molar-refractivity contribution in [3.63, 3.8) is 0 Å². The summed E-state index contributed by atoms with van der Waals surface area (Å²) in [5, 5.41) is 20.9. The summed E-state index contributed by atoms with van der Waals surface area (Å²) in [5.41, 5.74) is 3.24. The average molecular weight is 318 g/mol. The molecule has 0 saturated carbocycles. The number of phenols is 1. The monoisotopic (exact) mass is 318 g/mol. The van der Waals surface area contributed by atoms with Crippen molar-refractivity contribution >= 4 is 13.9 Å². The average Bonchev–Trinajstić information content (AvgIpc) is 2.54. The Bertz CT molecular complexity index is 640. The molecule has 0 radical (unpaired) electrons. The smallest absolute Gasteiger partial charge is 0.119 e. The first kappa shape index (κ1) is 16.8. The van der Waals surface area contributed by atoms with E-state index in [-0.39, 0.29) is 12.3 Å². The number of hydrogen-bond donors (Lipinski definition) is 2. The Morgan fingerprint density at radius 3 is 2.59 bits per heavy atom. The van der Waals surface area contributed by atoms with E-state index in [4.69, 9.17) is 4.74 Å². The molecule has 22 heavy (non-hydrogen) atoms. The standard InChI is InChI=1S/C18H23O3P/c1-4-17(15-10-14(21-3)6-7-16(15)20)22-18-8-5-12(2)9-13(18)11-19/h5-10,17,19-20,22H,4,11H2,1-3H3. The van der Waals surface area contributed by atoms with E-state index in [9.17, 15) is 10.2 Å². The Kier molecular flexibility index (Phi) is 5.82. The number of benzene rings is 2. The number of aromatic hydroxyl groups is 1. The van der Waals surface area contributed by atoms with Gasteiger partial charge in [-0.2, -0.15) is 0 Å². The third-order valence-corrected chi connectivity index (χ3v) is 5.65. The van der Waals surface area contributed by atoms with Gasteiger partial charge in [-0.15, -0.1) is 0 Å². The predicted molar refractivity (Wildman–Crippen MR) is 92.7 cm³/mol. The second-order valence-electron chi connectivity index (χ2n) is 5.35. The van der Waals surface area contributed by atoms with Gasteiger partial charge in [0.05, 0.1) is 13.7 Å². The zero-order valence-electron chi connectivity index (χ0n) is 13.3. The van der Waals surface area contributed by atoms with Crippen molar-refractivity contribution in [3.8, 4) is 11.5 Å². The molecule has 0 aliphatic carbocycles. The molecule has 0 aliphatic heterocycles. The Morgan fingerprint density at radius 2 is 1.95 bits per heavy atom. The number of methoxy groups -OCH3 is 1. The van der Waals surface area contributed by atoms with Gasteiger partial charge in [-0.1, -0.05) is 39.3 Å². The topological polar surface area (TPSA) is 49.7 Å². The van der Waals surface area contributed by atoms with Crippen LogP contribution in [0, 0.1) is 6.92 Å². The van der Waals surface area contributed by atoms with Gasteiger partial charge in [0.2, 0.25) is 0 Å². The minimum Gasteiger partial charge on any atom is -0.508 e. The highest BCUT2D eigenvalue weighted by molar-refractivity contribution is 7.47. The molecular formula is C18H23O3P. The minimum atomic E-state index is 0.0462. The molecular weight excluding hydrogens is 295 g/mol. The van der Waals surface area contributed by atoms with E-state index >= 15 is 0 Å². The molecule has 2 rings (SSSR count). The van der Waals surface area contributed by atoms with Gasteiger partial charge in [0.15, 0.2) is 0 Å². The molecule has 0 fully saturated rings. The maximum atomic E-state index is 10.2. The van der Waals surface area contributed by atoms with E-state index in [1.165, 1.54) is 0 Å². The Balaban J connectivity index is 2.33. The summed E-state index contributed by atoms with van der Waals surface area (Å²) in [4.78, 5) is 0. The lowest BCUT2D eigenvalue weighted by atomic mass is 10.1.